The molecule has 25 heavy (non-hydrogen) atoms. The highest BCUT2D eigenvalue weighted by Crippen LogP contribution is 2.29. The second kappa shape index (κ2) is 7.64. The van der Waals surface area contributed by atoms with Crippen molar-refractivity contribution in [3.8, 4) is 0 Å². The molecule has 1 aliphatic rings. The number of nitrogens with zero attached hydrogens (tertiary/aromatic N) is 1. The van der Waals surface area contributed by atoms with Gasteiger partial charge in [0, 0.05) is 25.7 Å². The Morgan fingerprint density at radius 2 is 1.72 bits per heavy atom. The van der Waals surface area contributed by atoms with E-state index in [1.807, 2.05) is 20.8 Å². The maximum atomic E-state index is 12.6. The second-order valence-electron chi connectivity index (χ2n) is 7.39. The Kier molecular flexibility index (Phi) is 5.98. The van der Waals surface area contributed by atoms with Crippen LogP contribution in [0.1, 0.15) is 44.7 Å². The minimum atomic E-state index is -4.30. The van der Waals surface area contributed by atoms with Crippen LogP contribution < -0.4 is 5.32 Å². The average molecular weight is 358 g/mol. The molecule has 1 fully saturated rings. The number of halogens is 3. The third-order valence-electron chi connectivity index (χ3n) is 4.00. The Morgan fingerprint density at radius 3 is 2.20 bits per heavy atom. The number of alkyl halides is 3. The normalized spacial score (nSPS) is 17.4. The second-order valence-corrected chi connectivity index (χ2v) is 7.39. The van der Waals surface area contributed by atoms with Crippen molar-refractivity contribution in [2.24, 2.45) is 0 Å². The highest BCUT2D eigenvalue weighted by Gasteiger charge is 2.30. The van der Waals surface area contributed by atoms with Crippen LogP contribution in [0.5, 0.6) is 0 Å². The number of piperidine rings is 1. The van der Waals surface area contributed by atoms with Crippen molar-refractivity contribution in [2.75, 3.05) is 13.1 Å². The summed E-state index contributed by atoms with van der Waals surface area (Å²) >= 11 is 0. The van der Waals surface area contributed by atoms with E-state index in [1.54, 1.807) is 0 Å². The van der Waals surface area contributed by atoms with Gasteiger partial charge in [-0.25, -0.2) is 4.79 Å². The summed E-state index contributed by atoms with van der Waals surface area (Å²) in [4.78, 5) is 13.9. The van der Waals surface area contributed by atoms with E-state index < -0.39 is 23.4 Å². The molecule has 1 saturated heterocycles. The van der Waals surface area contributed by atoms with Crippen molar-refractivity contribution in [3.63, 3.8) is 0 Å². The lowest BCUT2D eigenvalue weighted by atomic mass is 10.0. The molecule has 0 aliphatic carbocycles. The zero-order chi connectivity index (χ0) is 18.7. The van der Waals surface area contributed by atoms with Gasteiger partial charge in [0.25, 0.3) is 0 Å². The molecule has 0 unspecified atom stereocenters. The molecule has 140 valence electrons. The number of carbonyl (C=O) groups is 1. The van der Waals surface area contributed by atoms with Crippen LogP contribution in [0.2, 0.25) is 0 Å². The minimum Gasteiger partial charge on any atom is -0.444 e. The van der Waals surface area contributed by atoms with E-state index in [4.69, 9.17) is 4.74 Å². The van der Waals surface area contributed by atoms with E-state index in [0.717, 1.165) is 43.6 Å². The molecule has 1 heterocycles. The predicted octanol–water partition coefficient (Wildman–Crippen LogP) is 4.19. The van der Waals surface area contributed by atoms with Gasteiger partial charge in [-0.15, -0.1) is 0 Å². The summed E-state index contributed by atoms with van der Waals surface area (Å²) < 4.78 is 43.0. The van der Waals surface area contributed by atoms with Crippen LogP contribution in [0.3, 0.4) is 0 Å². The smallest absolute Gasteiger partial charge is 0.416 e. The maximum absolute atomic E-state index is 12.6. The van der Waals surface area contributed by atoms with E-state index in [-0.39, 0.29) is 6.04 Å². The van der Waals surface area contributed by atoms with Crippen LogP contribution in [-0.4, -0.2) is 35.7 Å². The highest BCUT2D eigenvalue weighted by atomic mass is 19.4. The lowest BCUT2D eigenvalue weighted by Crippen LogP contribution is -2.45. The minimum absolute atomic E-state index is 0.0682. The molecule has 0 radical (unpaired) electrons. The first-order valence-electron chi connectivity index (χ1n) is 8.41. The Labute approximate surface area is 146 Å². The van der Waals surface area contributed by atoms with Crippen molar-refractivity contribution in [1.29, 1.82) is 0 Å². The number of hydrogen-bond donors (Lipinski definition) is 1. The van der Waals surface area contributed by atoms with Crippen LogP contribution in [-0.2, 0) is 17.5 Å². The monoisotopic (exact) mass is 358 g/mol. The summed E-state index contributed by atoms with van der Waals surface area (Å²) in [6.45, 7) is 7.62. The van der Waals surface area contributed by atoms with Crippen molar-refractivity contribution < 1.29 is 22.7 Å². The van der Waals surface area contributed by atoms with Gasteiger partial charge < -0.3 is 10.1 Å². The molecule has 7 heteroatoms. The van der Waals surface area contributed by atoms with Crippen molar-refractivity contribution >= 4 is 6.09 Å². The summed E-state index contributed by atoms with van der Waals surface area (Å²) in [6.07, 6.45) is -3.13. The van der Waals surface area contributed by atoms with Crippen LogP contribution in [0.25, 0.3) is 0 Å². The van der Waals surface area contributed by atoms with Crippen molar-refractivity contribution in [1.82, 2.24) is 10.2 Å². The van der Waals surface area contributed by atoms with Crippen molar-refractivity contribution in [2.45, 2.75) is 58.0 Å². The van der Waals surface area contributed by atoms with Gasteiger partial charge in [0.05, 0.1) is 5.56 Å². The van der Waals surface area contributed by atoms with E-state index in [9.17, 15) is 18.0 Å². The number of amides is 1. The zero-order valence-corrected chi connectivity index (χ0v) is 14.8. The predicted molar refractivity (Wildman–Crippen MR) is 89.1 cm³/mol. The summed E-state index contributed by atoms with van der Waals surface area (Å²) in [7, 11) is 0. The van der Waals surface area contributed by atoms with E-state index in [0.29, 0.717) is 6.54 Å². The quantitative estimate of drug-likeness (QED) is 0.881. The first-order chi connectivity index (χ1) is 11.5. The van der Waals surface area contributed by atoms with E-state index >= 15 is 0 Å². The number of benzene rings is 1. The van der Waals surface area contributed by atoms with Crippen LogP contribution in [0, 0.1) is 0 Å². The number of carbonyl (C=O) groups excluding carboxylic acids is 1. The van der Waals surface area contributed by atoms with Crippen LogP contribution in [0.15, 0.2) is 24.3 Å². The maximum Gasteiger partial charge on any atom is 0.416 e. The van der Waals surface area contributed by atoms with Gasteiger partial charge in [0.15, 0.2) is 0 Å². The average Bonchev–Trinajstić information content (AvgIpc) is 2.47. The van der Waals surface area contributed by atoms with Crippen LogP contribution >= 0.6 is 0 Å². The summed E-state index contributed by atoms with van der Waals surface area (Å²) in [5.41, 5.74) is -0.295. The van der Waals surface area contributed by atoms with Gasteiger partial charge in [-0.1, -0.05) is 12.1 Å². The molecule has 0 aromatic heterocycles. The molecular weight excluding hydrogens is 333 g/mol. The molecule has 0 atom stereocenters. The fourth-order valence-corrected chi connectivity index (χ4v) is 2.77. The largest absolute Gasteiger partial charge is 0.444 e. The van der Waals surface area contributed by atoms with Gasteiger partial charge in [-0.2, -0.15) is 13.2 Å². The Hall–Kier alpha value is -1.76. The molecule has 1 aromatic carbocycles. The lowest BCUT2D eigenvalue weighted by molar-refractivity contribution is -0.137. The molecule has 1 aromatic rings. The Morgan fingerprint density at radius 1 is 1.16 bits per heavy atom. The number of alkyl carbamates (subject to hydrolysis) is 1. The third kappa shape index (κ3) is 6.57. The third-order valence-corrected chi connectivity index (χ3v) is 4.00. The molecule has 1 N–H and O–H groups in total. The van der Waals surface area contributed by atoms with E-state index in [2.05, 4.69) is 10.2 Å². The number of ether oxygens (including phenoxy) is 1. The first kappa shape index (κ1) is 19.6. The fraction of sp³-hybridized carbons (Fsp3) is 0.611. The van der Waals surface area contributed by atoms with E-state index in [1.165, 1.54) is 12.1 Å². The highest BCUT2D eigenvalue weighted by molar-refractivity contribution is 5.68. The molecular formula is C18H25F3N2O2. The molecule has 0 spiro atoms. The number of nitrogens with one attached hydrogen (secondary N) is 1. The summed E-state index contributed by atoms with van der Waals surface area (Å²) in [6, 6.07) is 5.35. The Bertz CT molecular complexity index is 571. The standard InChI is InChI=1S/C18H25F3N2O2/c1-17(2,3)25-16(24)22-15-8-10-23(11-9-15)12-13-4-6-14(7-5-13)18(19,20)21/h4-7,15H,8-12H2,1-3H3,(H,22,24). The lowest BCUT2D eigenvalue weighted by Gasteiger charge is -2.32. The number of hydrogen-bond acceptors (Lipinski definition) is 3. The first-order valence-corrected chi connectivity index (χ1v) is 8.41. The number of likely N-dealkylation sites (tertiary alicyclic amines) is 1. The van der Waals surface area contributed by atoms with Gasteiger partial charge in [0.2, 0.25) is 0 Å². The fourth-order valence-electron chi connectivity index (χ4n) is 2.77. The van der Waals surface area contributed by atoms with Crippen molar-refractivity contribution in [3.05, 3.63) is 35.4 Å². The van der Waals surface area contributed by atoms with Gasteiger partial charge in [0.1, 0.15) is 5.60 Å². The topological polar surface area (TPSA) is 41.6 Å². The van der Waals surface area contributed by atoms with Gasteiger partial charge in [-0.3, -0.25) is 4.90 Å². The molecule has 1 aliphatic heterocycles. The molecule has 2 rings (SSSR count). The van der Waals surface area contributed by atoms with Gasteiger partial charge in [-0.05, 0) is 51.3 Å². The number of rotatable bonds is 3. The summed E-state index contributed by atoms with van der Waals surface area (Å²) in [5, 5.41) is 2.87. The molecule has 1 amide bonds. The zero-order valence-electron chi connectivity index (χ0n) is 14.8. The molecule has 4 nitrogen and oxygen atoms in total. The SMILES string of the molecule is CC(C)(C)OC(=O)NC1CCN(Cc2ccc(C(F)(F)F)cc2)CC1. The molecule has 0 saturated carbocycles. The summed E-state index contributed by atoms with van der Waals surface area (Å²) in [5.74, 6) is 0. The van der Waals surface area contributed by atoms with Gasteiger partial charge >= 0.3 is 12.3 Å². The van der Waals surface area contributed by atoms with Crippen LogP contribution in [0.4, 0.5) is 18.0 Å². The Balaban J connectivity index is 1.78. The molecule has 0 bridgehead atoms.